The number of nitrogens with zero attached hydrogens (tertiary/aromatic N) is 3. The van der Waals surface area contributed by atoms with Gasteiger partial charge in [0.05, 0.1) is 19.6 Å². The average Bonchev–Trinajstić information content (AvgIpc) is 2.80. The van der Waals surface area contributed by atoms with E-state index in [4.69, 9.17) is 19.6 Å². The molecule has 2 heterocycles. The highest BCUT2D eigenvalue weighted by atomic mass is 79.9. The fourth-order valence-electron chi connectivity index (χ4n) is 3.77. The molecule has 1 N–H and O–H groups in total. The average molecular weight is 517 g/mol. The number of thioether (sulfide) groups is 1. The van der Waals surface area contributed by atoms with Crippen LogP contribution in [-0.2, 0) is 4.79 Å². The molecule has 0 saturated heterocycles. The van der Waals surface area contributed by atoms with E-state index in [2.05, 4.69) is 28.2 Å². The normalized spacial score (nSPS) is 17.1. The van der Waals surface area contributed by atoms with Crippen LogP contribution in [0.5, 0.6) is 11.5 Å². The standard InChI is InChI=1S/C23H25BrN4O3S/c1-4-5-8-11-32-23-26-22(29)19-15-9-6-7-10-17(15)25-21(28(19)27-23)16-12-14(24)13-18(30-2)20(16)31-3/h6-7,9-10,12-13,21H,4-5,8,11H2,1-3H3,(H,26,27,29)/t21-/m0/s1. The molecule has 0 unspecified atom stereocenters. The number of para-hydroxylation sites is 1. The molecule has 0 spiro atoms. The lowest BCUT2D eigenvalue weighted by molar-refractivity contribution is -0.116. The van der Waals surface area contributed by atoms with E-state index in [9.17, 15) is 4.79 Å². The molecular formula is C23H25BrN4O3S. The van der Waals surface area contributed by atoms with E-state index in [1.807, 2.05) is 36.4 Å². The first-order valence-corrected chi connectivity index (χ1v) is 12.3. The molecule has 2 aliphatic heterocycles. The summed E-state index contributed by atoms with van der Waals surface area (Å²) in [5, 5.41) is 11.5. The number of ether oxygens (including phenoxy) is 2. The molecule has 1 atom stereocenters. The number of carbonyl (C=O) groups is 1. The van der Waals surface area contributed by atoms with Gasteiger partial charge in [0, 0.05) is 21.0 Å². The van der Waals surface area contributed by atoms with Crippen LogP contribution in [0.2, 0.25) is 0 Å². The molecule has 0 aromatic heterocycles. The Morgan fingerprint density at radius 2 is 2.00 bits per heavy atom. The van der Waals surface area contributed by atoms with Gasteiger partial charge >= 0.3 is 0 Å². The molecule has 168 valence electrons. The quantitative estimate of drug-likeness (QED) is 0.569. The molecule has 0 bridgehead atoms. The number of halogens is 1. The maximum Gasteiger partial charge on any atom is 0.276 e. The van der Waals surface area contributed by atoms with Crippen LogP contribution in [0.15, 0.2) is 51.0 Å². The minimum atomic E-state index is -0.585. The van der Waals surface area contributed by atoms with Gasteiger partial charge in [0.15, 0.2) is 22.8 Å². The Bertz CT molecular complexity index is 1180. The van der Waals surface area contributed by atoms with E-state index in [0.717, 1.165) is 45.6 Å². The van der Waals surface area contributed by atoms with Crippen molar-refractivity contribution < 1.29 is 14.3 Å². The summed E-state index contributed by atoms with van der Waals surface area (Å²) in [4.78, 5) is 18.2. The Hall–Kier alpha value is -2.52. The van der Waals surface area contributed by atoms with Crippen molar-refractivity contribution in [3.8, 4) is 11.5 Å². The van der Waals surface area contributed by atoms with Crippen LogP contribution in [0.4, 0.5) is 0 Å². The third-order valence-electron chi connectivity index (χ3n) is 5.25. The first-order valence-electron chi connectivity index (χ1n) is 10.5. The molecule has 0 aliphatic carbocycles. The summed E-state index contributed by atoms with van der Waals surface area (Å²) in [6, 6.07) is 11.4. The SMILES string of the molecule is CCCCCSC1=NN2C(=c3ccccc3=N[C@@H]2c2cc(Br)cc(OC)c2OC)C(=O)N1. The van der Waals surface area contributed by atoms with E-state index in [-0.39, 0.29) is 5.91 Å². The molecule has 0 fully saturated rings. The largest absolute Gasteiger partial charge is 0.493 e. The number of amidine groups is 1. The number of rotatable bonds is 7. The van der Waals surface area contributed by atoms with Gasteiger partial charge in [0.1, 0.15) is 5.70 Å². The van der Waals surface area contributed by atoms with E-state index in [1.165, 1.54) is 0 Å². The highest BCUT2D eigenvalue weighted by Crippen LogP contribution is 2.42. The van der Waals surface area contributed by atoms with Crippen LogP contribution < -0.4 is 25.4 Å². The molecule has 0 radical (unpaired) electrons. The summed E-state index contributed by atoms with van der Waals surface area (Å²) in [6.07, 6.45) is 2.78. The van der Waals surface area contributed by atoms with Gasteiger partial charge in [-0.3, -0.25) is 15.1 Å². The Morgan fingerprint density at radius 1 is 1.19 bits per heavy atom. The predicted molar refractivity (Wildman–Crippen MR) is 130 cm³/mol. The smallest absolute Gasteiger partial charge is 0.276 e. The zero-order valence-corrected chi connectivity index (χ0v) is 20.6. The summed E-state index contributed by atoms with van der Waals surface area (Å²) in [6.45, 7) is 2.17. The Kier molecular flexibility index (Phi) is 7.05. The van der Waals surface area contributed by atoms with Gasteiger partial charge in [-0.1, -0.05) is 65.7 Å². The minimum absolute atomic E-state index is 0.189. The summed E-state index contributed by atoms with van der Waals surface area (Å²) < 4.78 is 12.0. The van der Waals surface area contributed by atoms with E-state index in [1.54, 1.807) is 31.0 Å². The van der Waals surface area contributed by atoms with Crippen LogP contribution in [-0.4, -0.2) is 36.1 Å². The molecule has 0 saturated carbocycles. The second-order valence-corrected chi connectivity index (χ2v) is 9.36. The molecule has 32 heavy (non-hydrogen) atoms. The van der Waals surface area contributed by atoms with E-state index >= 15 is 0 Å². The second-order valence-electron chi connectivity index (χ2n) is 7.36. The summed E-state index contributed by atoms with van der Waals surface area (Å²) in [7, 11) is 3.19. The van der Waals surface area contributed by atoms with Crippen molar-refractivity contribution in [2.24, 2.45) is 10.1 Å². The number of benzene rings is 2. The maximum absolute atomic E-state index is 13.2. The van der Waals surface area contributed by atoms with Crippen LogP contribution in [0.1, 0.15) is 37.9 Å². The highest BCUT2D eigenvalue weighted by molar-refractivity contribution is 9.10. The van der Waals surface area contributed by atoms with Crippen molar-refractivity contribution in [2.45, 2.75) is 32.4 Å². The Balaban J connectivity index is 1.86. The number of methoxy groups -OCH3 is 2. The summed E-state index contributed by atoms with van der Waals surface area (Å²) >= 11 is 5.11. The minimum Gasteiger partial charge on any atom is -0.493 e. The molecule has 4 rings (SSSR count). The molecule has 9 heteroatoms. The second kappa shape index (κ2) is 9.95. The van der Waals surface area contributed by atoms with Crippen LogP contribution >= 0.6 is 27.7 Å². The number of carbonyl (C=O) groups excluding carboxylic acids is 1. The number of hydrogen-bond donors (Lipinski definition) is 1. The van der Waals surface area contributed by atoms with Crippen LogP contribution in [0.3, 0.4) is 0 Å². The fourth-order valence-corrected chi connectivity index (χ4v) is 5.07. The fraction of sp³-hybridized carbons (Fsp3) is 0.348. The summed E-state index contributed by atoms with van der Waals surface area (Å²) in [5.41, 5.74) is 1.22. The van der Waals surface area contributed by atoms with Gasteiger partial charge in [-0.2, -0.15) is 0 Å². The third-order valence-corrected chi connectivity index (χ3v) is 6.66. The first-order chi connectivity index (χ1) is 15.6. The van der Waals surface area contributed by atoms with Gasteiger partial charge in [0.2, 0.25) is 0 Å². The van der Waals surface area contributed by atoms with Gasteiger partial charge < -0.3 is 9.47 Å². The number of amides is 1. The number of nitrogens with one attached hydrogen (secondary N) is 1. The van der Waals surface area contributed by atoms with Gasteiger partial charge in [-0.15, -0.1) is 5.10 Å². The lowest BCUT2D eigenvalue weighted by Gasteiger charge is -2.34. The van der Waals surface area contributed by atoms with Crippen molar-refractivity contribution in [1.29, 1.82) is 0 Å². The summed E-state index contributed by atoms with van der Waals surface area (Å²) in [5.74, 6) is 1.84. The van der Waals surface area contributed by atoms with Crippen LogP contribution in [0, 0.1) is 0 Å². The lowest BCUT2D eigenvalue weighted by atomic mass is 10.1. The zero-order chi connectivity index (χ0) is 22.7. The number of fused-ring (bicyclic) bond motifs is 2. The molecule has 7 nitrogen and oxygen atoms in total. The monoisotopic (exact) mass is 516 g/mol. The Morgan fingerprint density at radius 3 is 2.75 bits per heavy atom. The van der Waals surface area contributed by atoms with Gasteiger partial charge in [-0.05, 0) is 24.6 Å². The van der Waals surface area contributed by atoms with Crippen molar-refractivity contribution >= 4 is 44.5 Å². The van der Waals surface area contributed by atoms with Gasteiger partial charge in [-0.25, -0.2) is 5.01 Å². The first kappa shape index (κ1) is 22.7. The van der Waals surface area contributed by atoms with E-state index < -0.39 is 6.17 Å². The van der Waals surface area contributed by atoms with Gasteiger partial charge in [0.25, 0.3) is 5.91 Å². The van der Waals surface area contributed by atoms with Crippen LogP contribution in [0.25, 0.3) is 5.70 Å². The van der Waals surface area contributed by atoms with Crippen molar-refractivity contribution in [3.63, 3.8) is 0 Å². The predicted octanol–water partition coefficient (Wildman–Crippen LogP) is 3.53. The topological polar surface area (TPSA) is 75.5 Å². The van der Waals surface area contributed by atoms with E-state index in [0.29, 0.717) is 22.4 Å². The molecule has 1 amide bonds. The maximum atomic E-state index is 13.2. The highest BCUT2D eigenvalue weighted by Gasteiger charge is 2.36. The van der Waals surface area contributed by atoms with Crippen molar-refractivity contribution in [1.82, 2.24) is 10.3 Å². The molecule has 2 aromatic carbocycles. The zero-order valence-electron chi connectivity index (χ0n) is 18.2. The number of hydrazone groups is 1. The molecular weight excluding hydrogens is 492 g/mol. The lowest BCUT2D eigenvalue weighted by Crippen LogP contribution is -2.50. The third kappa shape index (κ3) is 4.36. The Labute approximate surface area is 199 Å². The van der Waals surface area contributed by atoms with Crippen molar-refractivity contribution in [3.05, 3.63) is 57.0 Å². The number of hydrogen-bond acceptors (Lipinski definition) is 7. The number of unbranched alkanes of at least 4 members (excludes halogenated alkanes) is 2. The molecule has 2 aliphatic rings. The van der Waals surface area contributed by atoms with Crippen molar-refractivity contribution in [2.75, 3.05) is 20.0 Å². The molecule has 2 aromatic rings.